The summed E-state index contributed by atoms with van der Waals surface area (Å²) in [6, 6.07) is 9.08. The number of pyridine rings is 1. The van der Waals surface area contributed by atoms with Gasteiger partial charge in [-0.3, -0.25) is 9.59 Å². The van der Waals surface area contributed by atoms with Crippen molar-refractivity contribution in [2.75, 3.05) is 25.0 Å². The Balaban J connectivity index is 1.47. The third kappa shape index (κ3) is 4.84. The number of para-hydroxylation sites is 1. The number of rotatable bonds is 5. The predicted octanol–water partition coefficient (Wildman–Crippen LogP) is 3.72. The highest BCUT2D eigenvalue weighted by molar-refractivity contribution is 6.04. The number of anilines is 1. The number of aromatic nitrogens is 3. The zero-order valence-electron chi connectivity index (χ0n) is 19.9. The molecule has 3 aromatic rings. The Labute approximate surface area is 193 Å². The van der Waals surface area contributed by atoms with Gasteiger partial charge in [0.15, 0.2) is 12.3 Å². The molecule has 1 aromatic carbocycles. The highest BCUT2D eigenvalue weighted by atomic mass is 16.5. The fraction of sp³-hybridized carbons (Fsp3) is 0.440. The molecule has 1 aliphatic heterocycles. The minimum absolute atomic E-state index is 0.0574. The van der Waals surface area contributed by atoms with E-state index in [1.54, 1.807) is 29.9 Å². The maximum Gasteiger partial charge on any atom is 0.262 e. The number of nitrogens with one attached hydrogen (secondary N) is 1. The summed E-state index contributed by atoms with van der Waals surface area (Å²) in [4.78, 5) is 32.3. The number of hydrogen-bond acceptors (Lipinski definition) is 5. The zero-order chi connectivity index (χ0) is 23.7. The minimum atomic E-state index is -0.354. The standard InChI is InChI=1S/C25H31N5O3/c1-15-10-16(2)13-30(12-15)25(32)19-8-6-7-9-20(19)27-21(31)14-33-24-22-17(3)11-18(4)26-23(22)29(5)28-24/h6-9,11,15-16H,10,12-14H2,1-5H3,(H,27,31). The molecular formula is C25H31N5O3. The Bertz CT molecular complexity index is 1190. The Kier molecular flexibility index (Phi) is 6.35. The molecule has 2 amide bonds. The van der Waals surface area contributed by atoms with Gasteiger partial charge in [0.05, 0.1) is 16.6 Å². The second kappa shape index (κ2) is 9.21. The van der Waals surface area contributed by atoms with Crippen LogP contribution in [0.15, 0.2) is 30.3 Å². The lowest BCUT2D eigenvalue weighted by atomic mass is 9.91. The number of benzene rings is 1. The fourth-order valence-electron chi connectivity index (χ4n) is 4.75. The van der Waals surface area contributed by atoms with Gasteiger partial charge in [-0.1, -0.05) is 26.0 Å². The van der Waals surface area contributed by atoms with E-state index in [0.717, 1.165) is 36.2 Å². The van der Waals surface area contributed by atoms with Gasteiger partial charge >= 0.3 is 0 Å². The number of fused-ring (bicyclic) bond motifs is 1. The van der Waals surface area contributed by atoms with Gasteiger partial charge < -0.3 is 15.0 Å². The molecule has 33 heavy (non-hydrogen) atoms. The number of nitrogens with zero attached hydrogens (tertiary/aromatic N) is 4. The van der Waals surface area contributed by atoms with Crippen molar-refractivity contribution in [2.24, 2.45) is 18.9 Å². The molecule has 0 spiro atoms. The monoisotopic (exact) mass is 449 g/mol. The van der Waals surface area contributed by atoms with Crippen LogP contribution in [-0.4, -0.2) is 51.2 Å². The van der Waals surface area contributed by atoms with Crippen molar-refractivity contribution in [1.29, 1.82) is 0 Å². The lowest BCUT2D eigenvalue weighted by molar-refractivity contribution is -0.118. The van der Waals surface area contributed by atoms with Gasteiger partial charge in [0.2, 0.25) is 5.88 Å². The topological polar surface area (TPSA) is 89.4 Å². The third-order valence-electron chi connectivity index (χ3n) is 6.01. The van der Waals surface area contributed by atoms with E-state index in [2.05, 4.69) is 29.2 Å². The molecule has 2 aromatic heterocycles. The summed E-state index contributed by atoms with van der Waals surface area (Å²) >= 11 is 0. The van der Waals surface area contributed by atoms with Crippen molar-refractivity contribution in [3.05, 3.63) is 47.2 Å². The van der Waals surface area contributed by atoms with E-state index in [4.69, 9.17) is 4.74 Å². The second-order valence-corrected chi connectivity index (χ2v) is 9.25. The van der Waals surface area contributed by atoms with Gasteiger partial charge in [0, 0.05) is 25.8 Å². The summed E-state index contributed by atoms with van der Waals surface area (Å²) in [7, 11) is 1.80. The van der Waals surface area contributed by atoms with Gasteiger partial charge in [-0.25, -0.2) is 9.67 Å². The van der Waals surface area contributed by atoms with Crippen LogP contribution in [0.1, 0.15) is 41.9 Å². The molecule has 8 nitrogen and oxygen atoms in total. The van der Waals surface area contributed by atoms with Crippen molar-refractivity contribution in [3.8, 4) is 5.88 Å². The van der Waals surface area contributed by atoms with Crippen molar-refractivity contribution < 1.29 is 14.3 Å². The number of piperidine rings is 1. The van der Waals surface area contributed by atoms with Crippen LogP contribution in [0, 0.1) is 25.7 Å². The third-order valence-corrected chi connectivity index (χ3v) is 6.01. The van der Waals surface area contributed by atoms with E-state index in [1.165, 1.54) is 0 Å². The molecule has 8 heteroatoms. The van der Waals surface area contributed by atoms with Crippen LogP contribution in [0.4, 0.5) is 5.69 Å². The van der Waals surface area contributed by atoms with Crippen molar-refractivity contribution in [2.45, 2.75) is 34.1 Å². The van der Waals surface area contributed by atoms with Crippen molar-refractivity contribution in [3.63, 3.8) is 0 Å². The smallest absolute Gasteiger partial charge is 0.262 e. The summed E-state index contributed by atoms with van der Waals surface area (Å²) in [5.74, 6) is 0.879. The van der Waals surface area contributed by atoms with Gasteiger partial charge in [-0.2, -0.15) is 0 Å². The number of carbonyl (C=O) groups excluding carboxylic acids is 2. The first-order chi connectivity index (χ1) is 15.7. The van der Waals surface area contributed by atoms with Crippen LogP contribution >= 0.6 is 0 Å². The lowest BCUT2D eigenvalue weighted by Gasteiger charge is -2.35. The highest BCUT2D eigenvalue weighted by Gasteiger charge is 2.27. The minimum Gasteiger partial charge on any atom is -0.466 e. The first-order valence-electron chi connectivity index (χ1n) is 11.3. The molecule has 1 aliphatic rings. The Morgan fingerprint density at radius 3 is 2.58 bits per heavy atom. The van der Waals surface area contributed by atoms with E-state index in [0.29, 0.717) is 34.6 Å². The number of carbonyl (C=O) groups is 2. The van der Waals surface area contributed by atoms with Gasteiger partial charge in [0.25, 0.3) is 11.8 Å². The van der Waals surface area contributed by atoms with Crippen LogP contribution in [0.3, 0.4) is 0 Å². The lowest BCUT2D eigenvalue weighted by Crippen LogP contribution is -2.42. The molecule has 174 valence electrons. The SMILES string of the molecule is Cc1cc(C)c2c(OCC(=O)Nc3ccccc3C(=O)N3CC(C)CC(C)C3)nn(C)c2n1. The molecule has 0 aliphatic carbocycles. The molecule has 0 bridgehead atoms. The Morgan fingerprint density at radius 2 is 1.85 bits per heavy atom. The maximum absolute atomic E-state index is 13.2. The first kappa shape index (κ1) is 22.8. The van der Waals surface area contributed by atoms with Gasteiger partial charge in [0.1, 0.15) is 0 Å². The van der Waals surface area contributed by atoms with E-state index in [1.807, 2.05) is 30.9 Å². The molecule has 1 saturated heterocycles. The quantitative estimate of drug-likeness (QED) is 0.641. The Hall–Kier alpha value is -3.42. The summed E-state index contributed by atoms with van der Waals surface area (Å²) in [6.07, 6.45) is 1.12. The largest absolute Gasteiger partial charge is 0.466 e. The summed E-state index contributed by atoms with van der Waals surface area (Å²) in [6.45, 7) is 9.47. The fourth-order valence-corrected chi connectivity index (χ4v) is 4.75. The van der Waals surface area contributed by atoms with E-state index in [-0.39, 0.29) is 18.4 Å². The summed E-state index contributed by atoms with van der Waals surface area (Å²) in [5.41, 5.74) is 3.57. The molecule has 1 fully saturated rings. The molecule has 0 radical (unpaired) electrons. The van der Waals surface area contributed by atoms with Gasteiger partial charge in [-0.05, 0) is 55.9 Å². The first-order valence-corrected chi connectivity index (χ1v) is 11.3. The number of aryl methyl sites for hydroxylation is 3. The number of ether oxygens (including phenoxy) is 1. The number of hydrogen-bond donors (Lipinski definition) is 1. The molecule has 2 atom stereocenters. The summed E-state index contributed by atoms with van der Waals surface area (Å²) < 4.78 is 7.41. The van der Waals surface area contributed by atoms with Gasteiger partial charge in [-0.15, -0.1) is 5.10 Å². The molecule has 1 N–H and O–H groups in total. The average Bonchev–Trinajstić information content (AvgIpc) is 3.07. The van der Waals surface area contributed by atoms with Crippen LogP contribution in [0.5, 0.6) is 5.88 Å². The van der Waals surface area contributed by atoms with Crippen LogP contribution in [0.2, 0.25) is 0 Å². The maximum atomic E-state index is 13.2. The molecule has 4 rings (SSSR count). The number of amides is 2. The number of likely N-dealkylation sites (tertiary alicyclic amines) is 1. The highest BCUT2D eigenvalue weighted by Crippen LogP contribution is 2.28. The second-order valence-electron chi connectivity index (χ2n) is 9.25. The van der Waals surface area contributed by atoms with Crippen LogP contribution in [0.25, 0.3) is 11.0 Å². The average molecular weight is 450 g/mol. The summed E-state index contributed by atoms with van der Waals surface area (Å²) in [5, 5.41) is 8.01. The molecule has 0 saturated carbocycles. The molecular weight excluding hydrogens is 418 g/mol. The van der Waals surface area contributed by atoms with Crippen LogP contribution in [-0.2, 0) is 11.8 Å². The van der Waals surface area contributed by atoms with Crippen LogP contribution < -0.4 is 10.1 Å². The van der Waals surface area contributed by atoms with E-state index >= 15 is 0 Å². The molecule has 2 unspecified atom stereocenters. The zero-order valence-corrected chi connectivity index (χ0v) is 19.9. The molecule has 3 heterocycles. The predicted molar refractivity (Wildman–Crippen MR) is 127 cm³/mol. The Morgan fingerprint density at radius 1 is 1.15 bits per heavy atom. The van der Waals surface area contributed by atoms with E-state index in [9.17, 15) is 9.59 Å². The van der Waals surface area contributed by atoms with Crippen molar-refractivity contribution in [1.82, 2.24) is 19.7 Å². The van der Waals surface area contributed by atoms with E-state index < -0.39 is 0 Å². The van der Waals surface area contributed by atoms with Crippen molar-refractivity contribution >= 4 is 28.5 Å². The normalized spacial score (nSPS) is 18.4.